The van der Waals surface area contributed by atoms with Gasteiger partial charge in [-0.1, -0.05) is 20.4 Å². The number of hydrogen-bond donors (Lipinski definition) is 1. The van der Waals surface area contributed by atoms with Gasteiger partial charge >= 0.3 is 0 Å². The monoisotopic (exact) mass is 392 g/mol. The number of carbonyl (C=O) groups is 3. The Morgan fingerprint density at radius 3 is 2.52 bits per heavy atom. The van der Waals surface area contributed by atoms with Crippen molar-refractivity contribution in [3.05, 3.63) is 23.6 Å². The zero-order valence-electron chi connectivity index (χ0n) is 16.2. The number of Topliss-reactive ketones (excluding diaryl/α,β-unsaturated/α-hetero) is 1. The third kappa shape index (κ3) is 2.00. The standard InChI is InChI=1S/C19H24N2O5S/c1-9-15(23)21(6)19(16(24)20(9)5)8-18(25)12(27-19)7-11-13(14(18)22)17(3,4)10(2)26-11/h10,12,25H,1,7-8H2,2-6H3/t10-,12-,18-,19+/m0/s1. The molecule has 4 atom stereocenters. The van der Waals surface area contributed by atoms with E-state index < -0.39 is 21.1 Å². The second-order valence-corrected chi connectivity index (χ2v) is 9.96. The molecule has 7 nitrogen and oxygen atoms in total. The first-order chi connectivity index (χ1) is 12.4. The highest BCUT2D eigenvalue weighted by Crippen LogP contribution is 2.60. The number of fused-ring (bicyclic) bond motifs is 1. The number of ketones is 1. The lowest BCUT2D eigenvalue weighted by Gasteiger charge is -2.44. The van der Waals surface area contributed by atoms with Crippen LogP contribution in [0.3, 0.4) is 0 Å². The summed E-state index contributed by atoms with van der Waals surface area (Å²) in [7, 11) is 3.03. The largest absolute Gasteiger partial charge is 0.494 e. The van der Waals surface area contributed by atoms with E-state index in [1.165, 1.54) is 35.7 Å². The predicted molar refractivity (Wildman–Crippen MR) is 99.3 cm³/mol. The Bertz CT molecular complexity index is 849. The summed E-state index contributed by atoms with van der Waals surface area (Å²) in [5.74, 6) is -0.506. The average molecular weight is 392 g/mol. The summed E-state index contributed by atoms with van der Waals surface area (Å²) in [5.41, 5.74) is -1.63. The molecule has 4 rings (SSSR count). The fourth-order valence-electron chi connectivity index (χ4n) is 4.58. The highest BCUT2D eigenvalue weighted by Gasteiger charge is 2.69. The first-order valence-corrected chi connectivity index (χ1v) is 9.86. The normalized spacial score (nSPS) is 40.7. The van der Waals surface area contributed by atoms with E-state index >= 15 is 0 Å². The maximum Gasteiger partial charge on any atom is 0.271 e. The van der Waals surface area contributed by atoms with Crippen molar-refractivity contribution < 1.29 is 24.2 Å². The van der Waals surface area contributed by atoms with Crippen molar-refractivity contribution in [1.29, 1.82) is 0 Å². The molecule has 0 bridgehead atoms. The molecular formula is C19H24N2O5S. The number of hydrogen-bond acceptors (Lipinski definition) is 6. The average Bonchev–Trinajstić information content (AvgIpc) is 3.03. The molecule has 2 amide bonds. The van der Waals surface area contributed by atoms with Crippen molar-refractivity contribution >= 4 is 29.4 Å². The zero-order valence-corrected chi connectivity index (χ0v) is 17.0. The van der Waals surface area contributed by atoms with Gasteiger partial charge in [-0.05, 0) is 6.92 Å². The van der Waals surface area contributed by atoms with Crippen LogP contribution in [0.4, 0.5) is 0 Å². The van der Waals surface area contributed by atoms with E-state index in [1.807, 2.05) is 20.8 Å². The highest BCUT2D eigenvalue weighted by atomic mass is 32.2. The van der Waals surface area contributed by atoms with Crippen LogP contribution in [0.1, 0.15) is 33.6 Å². The van der Waals surface area contributed by atoms with Gasteiger partial charge in [0.05, 0.1) is 5.25 Å². The lowest BCUT2D eigenvalue weighted by Crippen LogP contribution is -2.63. The Morgan fingerprint density at radius 1 is 1.26 bits per heavy atom. The molecule has 0 unspecified atom stereocenters. The van der Waals surface area contributed by atoms with Crippen molar-refractivity contribution in [2.24, 2.45) is 5.41 Å². The van der Waals surface area contributed by atoms with Crippen LogP contribution in [0.2, 0.25) is 0 Å². The molecule has 0 radical (unpaired) electrons. The maximum absolute atomic E-state index is 13.4. The lowest BCUT2D eigenvalue weighted by atomic mass is 9.69. The molecule has 1 aliphatic carbocycles. The Balaban J connectivity index is 1.77. The smallest absolute Gasteiger partial charge is 0.271 e. The SMILES string of the molecule is C=C1C(=O)N(C)[C@@]2(C[C@@]3(O)C(=O)C4=C(C[C@@H]3S2)O[C@@H](C)C4(C)C)C(=O)N1C. The number of carbonyl (C=O) groups excluding carboxylic acids is 3. The van der Waals surface area contributed by atoms with E-state index in [0.717, 1.165) is 0 Å². The van der Waals surface area contributed by atoms with Crippen molar-refractivity contribution in [2.45, 2.75) is 55.4 Å². The maximum atomic E-state index is 13.4. The molecule has 27 heavy (non-hydrogen) atoms. The summed E-state index contributed by atoms with van der Waals surface area (Å²) < 4.78 is 5.94. The van der Waals surface area contributed by atoms with Gasteiger partial charge in [-0.15, -0.1) is 11.8 Å². The summed E-state index contributed by atoms with van der Waals surface area (Å²) in [4.78, 5) is 40.3. The zero-order chi connectivity index (χ0) is 20.1. The minimum Gasteiger partial charge on any atom is -0.494 e. The summed E-state index contributed by atoms with van der Waals surface area (Å²) in [5, 5.41) is 10.9. The number of ether oxygens (including phenoxy) is 1. The number of thioether (sulfide) groups is 1. The predicted octanol–water partition coefficient (Wildman–Crippen LogP) is 1.04. The van der Waals surface area contributed by atoms with Crippen molar-refractivity contribution in [2.75, 3.05) is 14.1 Å². The molecule has 0 aromatic carbocycles. The molecule has 1 N–H and O–H groups in total. The second kappa shape index (κ2) is 5.17. The molecular weight excluding hydrogens is 368 g/mol. The molecule has 146 valence electrons. The Kier molecular flexibility index (Phi) is 3.55. The van der Waals surface area contributed by atoms with Gasteiger partial charge in [0.25, 0.3) is 11.8 Å². The fourth-order valence-corrected chi connectivity index (χ4v) is 6.45. The van der Waals surface area contributed by atoms with Crippen molar-refractivity contribution in [3.8, 4) is 0 Å². The summed E-state index contributed by atoms with van der Waals surface area (Å²) in [6.07, 6.45) is 0.0640. The van der Waals surface area contributed by atoms with E-state index in [2.05, 4.69) is 6.58 Å². The first kappa shape index (κ1) is 18.6. The molecule has 0 aromatic rings. The van der Waals surface area contributed by atoms with Crippen LogP contribution >= 0.6 is 11.8 Å². The molecule has 0 aromatic heterocycles. The molecule has 3 aliphatic heterocycles. The Labute approximate surface area is 162 Å². The summed E-state index contributed by atoms with van der Waals surface area (Å²) in [6, 6.07) is 0. The van der Waals surface area contributed by atoms with Gasteiger partial charge in [0.2, 0.25) is 0 Å². The number of rotatable bonds is 0. The second-order valence-electron chi connectivity index (χ2n) is 8.48. The first-order valence-electron chi connectivity index (χ1n) is 8.98. The Hall–Kier alpha value is -1.80. The van der Waals surface area contributed by atoms with Gasteiger partial charge in [0.15, 0.2) is 10.7 Å². The van der Waals surface area contributed by atoms with Crippen LogP contribution in [-0.2, 0) is 19.1 Å². The van der Waals surface area contributed by atoms with Crippen molar-refractivity contribution in [3.63, 3.8) is 0 Å². The highest BCUT2D eigenvalue weighted by molar-refractivity contribution is 8.02. The molecule has 1 spiro atoms. The van der Waals surface area contributed by atoms with Crippen LogP contribution in [0.5, 0.6) is 0 Å². The third-order valence-electron chi connectivity index (χ3n) is 6.77. The fraction of sp³-hybridized carbons (Fsp3) is 0.632. The number of likely N-dealkylation sites (N-methyl/N-ethyl adjacent to an activating group) is 2. The van der Waals surface area contributed by atoms with E-state index in [4.69, 9.17) is 4.74 Å². The van der Waals surface area contributed by atoms with Gasteiger partial charge < -0.3 is 19.6 Å². The van der Waals surface area contributed by atoms with E-state index in [0.29, 0.717) is 17.8 Å². The topological polar surface area (TPSA) is 87.1 Å². The van der Waals surface area contributed by atoms with Crippen LogP contribution in [0.15, 0.2) is 23.6 Å². The molecule has 0 saturated carbocycles. The van der Waals surface area contributed by atoms with Crippen molar-refractivity contribution in [1.82, 2.24) is 9.80 Å². The molecule has 2 fully saturated rings. The van der Waals surface area contributed by atoms with E-state index in [9.17, 15) is 19.5 Å². The van der Waals surface area contributed by atoms with Gasteiger partial charge in [-0.25, -0.2) is 0 Å². The van der Waals surface area contributed by atoms with E-state index in [-0.39, 0.29) is 35.8 Å². The quantitative estimate of drug-likeness (QED) is 0.620. The molecule has 2 saturated heterocycles. The van der Waals surface area contributed by atoms with Crippen LogP contribution < -0.4 is 0 Å². The summed E-state index contributed by atoms with van der Waals surface area (Å²) in [6.45, 7) is 9.45. The number of aliphatic hydroxyl groups is 1. The molecule has 4 aliphatic rings. The number of piperazine rings is 1. The minimum atomic E-state index is -1.71. The summed E-state index contributed by atoms with van der Waals surface area (Å²) >= 11 is 1.18. The van der Waals surface area contributed by atoms with Gasteiger partial charge in [0.1, 0.15) is 23.2 Å². The number of amides is 2. The van der Waals surface area contributed by atoms with Gasteiger partial charge in [-0.2, -0.15) is 0 Å². The minimum absolute atomic E-state index is 0.0841. The van der Waals surface area contributed by atoms with Crippen LogP contribution in [0.25, 0.3) is 0 Å². The number of allylic oxidation sites excluding steroid dienone is 1. The lowest BCUT2D eigenvalue weighted by molar-refractivity contribution is -0.154. The van der Waals surface area contributed by atoms with Gasteiger partial charge in [-0.3, -0.25) is 14.4 Å². The van der Waals surface area contributed by atoms with Crippen LogP contribution in [0, 0.1) is 5.41 Å². The third-order valence-corrected chi connectivity index (χ3v) is 8.59. The van der Waals surface area contributed by atoms with Gasteiger partial charge in [0, 0.05) is 37.9 Å². The molecule has 8 heteroatoms. The van der Waals surface area contributed by atoms with Crippen LogP contribution in [-0.4, -0.2) is 68.4 Å². The Morgan fingerprint density at radius 2 is 1.89 bits per heavy atom. The number of nitrogens with zero attached hydrogens (tertiary/aromatic N) is 2. The van der Waals surface area contributed by atoms with E-state index in [1.54, 1.807) is 0 Å². The molecule has 3 heterocycles.